The van der Waals surface area contributed by atoms with E-state index in [-0.39, 0.29) is 24.5 Å². The fraction of sp³-hybridized carbons (Fsp3) is 0.294. The van der Waals surface area contributed by atoms with Crippen molar-refractivity contribution < 1.29 is 19.1 Å². The van der Waals surface area contributed by atoms with Crippen LogP contribution < -0.4 is 5.43 Å². The number of H-pyrrole nitrogens is 1. The molecule has 0 radical (unpaired) electrons. The van der Waals surface area contributed by atoms with E-state index >= 15 is 0 Å². The summed E-state index contributed by atoms with van der Waals surface area (Å²) in [5, 5.41) is 0.302. The minimum Gasteiger partial charge on any atom is -0.462 e. The molecule has 0 unspecified atom stereocenters. The molecule has 0 saturated carbocycles. The van der Waals surface area contributed by atoms with Gasteiger partial charge >= 0.3 is 11.9 Å². The predicted octanol–water partition coefficient (Wildman–Crippen LogP) is 1.84. The highest BCUT2D eigenvalue weighted by molar-refractivity contribution is 5.98. The molecular weight excluding hydrogens is 326 g/mol. The highest BCUT2D eigenvalue weighted by atomic mass is 16.5. The molecule has 0 saturated heterocycles. The van der Waals surface area contributed by atoms with Crippen molar-refractivity contribution >= 4 is 28.5 Å². The normalized spacial score (nSPS) is 11.0. The first kappa shape index (κ1) is 16.7. The van der Waals surface area contributed by atoms with E-state index in [1.165, 1.54) is 6.20 Å². The van der Waals surface area contributed by atoms with Gasteiger partial charge in [0.15, 0.2) is 11.3 Å². The number of carbonyl (C=O) groups is 2. The number of nitrogens with one attached hydrogen (secondary N) is 1. The smallest absolute Gasteiger partial charge is 0.358 e. The Morgan fingerprint density at radius 2 is 1.88 bits per heavy atom. The number of aromatic amines is 1. The van der Waals surface area contributed by atoms with Crippen LogP contribution >= 0.6 is 0 Å². The van der Waals surface area contributed by atoms with E-state index in [1.54, 1.807) is 37.4 Å². The summed E-state index contributed by atoms with van der Waals surface area (Å²) in [7, 11) is 0. The molecule has 0 aliphatic rings. The standard InChI is InChI=1S/C17H17N3O5/c1-4-24-16(22)11-7-18-13-10(14(11)21)6-9(3)20-8-12(19-15(13)20)17(23)25-5-2/h6-8H,4-5H2,1-3H3,(H,18,21). The van der Waals surface area contributed by atoms with Crippen molar-refractivity contribution in [2.24, 2.45) is 0 Å². The molecule has 130 valence electrons. The van der Waals surface area contributed by atoms with Crippen LogP contribution in [0.4, 0.5) is 0 Å². The minimum atomic E-state index is -0.682. The Hall–Kier alpha value is -3.16. The second-order valence-electron chi connectivity index (χ2n) is 5.37. The lowest BCUT2D eigenvalue weighted by molar-refractivity contribution is 0.0512. The largest absolute Gasteiger partial charge is 0.462 e. The average Bonchev–Trinajstić information content (AvgIpc) is 3.03. The molecule has 3 rings (SSSR count). The Morgan fingerprint density at radius 3 is 2.56 bits per heavy atom. The average molecular weight is 343 g/mol. The molecule has 8 nitrogen and oxygen atoms in total. The summed E-state index contributed by atoms with van der Waals surface area (Å²) in [6.45, 7) is 5.58. The third-order valence-corrected chi connectivity index (χ3v) is 3.76. The Morgan fingerprint density at radius 1 is 1.20 bits per heavy atom. The van der Waals surface area contributed by atoms with E-state index in [4.69, 9.17) is 9.47 Å². The number of hydrogen-bond acceptors (Lipinski definition) is 6. The van der Waals surface area contributed by atoms with Crippen LogP contribution in [-0.2, 0) is 9.47 Å². The van der Waals surface area contributed by atoms with Gasteiger partial charge in [0.25, 0.3) is 0 Å². The lowest BCUT2D eigenvalue weighted by Crippen LogP contribution is -2.18. The maximum Gasteiger partial charge on any atom is 0.358 e. The van der Waals surface area contributed by atoms with Crippen molar-refractivity contribution in [2.45, 2.75) is 20.8 Å². The number of aryl methyl sites for hydroxylation is 1. The maximum absolute atomic E-state index is 12.6. The summed E-state index contributed by atoms with van der Waals surface area (Å²) in [6.07, 6.45) is 2.86. The molecule has 0 spiro atoms. The first-order chi connectivity index (χ1) is 12.0. The van der Waals surface area contributed by atoms with Gasteiger partial charge in [0.05, 0.1) is 24.1 Å². The van der Waals surface area contributed by atoms with Crippen molar-refractivity contribution in [3.05, 3.63) is 45.6 Å². The third-order valence-electron chi connectivity index (χ3n) is 3.76. The molecule has 3 aromatic heterocycles. The lowest BCUT2D eigenvalue weighted by atomic mass is 10.1. The van der Waals surface area contributed by atoms with Crippen LogP contribution in [0.2, 0.25) is 0 Å². The number of carbonyl (C=O) groups excluding carboxylic acids is 2. The first-order valence-corrected chi connectivity index (χ1v) is 7.86. The number of hydrogen-bond donors (Lipinski definition) is 1. The van der Waals surface area contributed by atoms with Crippen molar-refractivity contribution in [1.82, 2.24) is 14.4 Å². The molecule has 1 N–H and O–H groups in total. The molecule has 0 fully saturated rings. The molecule has 0 aromatic carbocycles. The fourth-order valence-corrected chi connectivity index (χ4v) is 2.64. The van der Waals surface area contributed by atoms with E-state index in [1.807, 2.05) is 0 Å². The number of fused-ring (bicyclic) bond motifs is 3. The molecule has 3 aromatic rings. The summed E-state index contributed by atoms with van der Waals surface area (Å²) in [5.41, 5.74) is 1.16. The van der Waals surface area contributed by atoms with Crippen LogP contribution in [0.25, 0.3) is 16.6 Å². The monoisotopic (exact) mass is 343 g/mol. The molecule has 8 heteroatoms. The minimum absolute atomic E-state index is 0.0738. The van der Waals surface area contributed by atoms with Crippen molar-refractivity contribution in [2.75, 3.05) is 13.2 Å². The summed E-state index contributed by atoms with van der Waals surface area (Å²) in [4.78, 5) is 43.6. The zero-order valence-electron chi connectivity index (χ0n) is 14.1. The summed E-state index contributed by atoms with van der Waals surface area (Å²) >= 11 is 0. The van der Waals surface area contributed by atoms with E-state index in [9.17, 15) is 14.4 Å². The van der Waals surface area contributed by atoms with Crippen molar-refractivity contribution in [1.29, 1.82) is 0 Å². The molecule has 25 heavy (non-hydrogen) atoms. The number of nitrogens with zero attached hydrogens (tertiary/aromatic N) is 2. The Labute approximate surface area is 142 Å². The number of ether oxygens (including phenoxy) is 2. The van der Waals surface area contributed by atoms with E-state index in [0.29, 0.717) is 22.2 Å². The van der Waals surface area contributed by atoms with Gasteiger partial charge in [0, 0.05) is 18.1 Å². The Kier molecular flexibility index (Phi) is 4.26. The fourth-order valence-electron chi connectivity index (χ4n) is 2.64. The summed E-state index contributed by atoms with van der Waals surface area (Å²) < 4.78 is 11.5. The van der Waals surface area contributed by atoms with Gasteiger partial charge in [-0.1, -0.05) is 0 Å². The van der Waals surface area contributed by atoms with Gasteiger partial charge in [-0.15, -0.1) is 0 Å². The predicted molar refractivity (Wildman–Crippen MR) is 90.0 cm³/mol. The van der Waals surface area contributed by atoms with E-state index < -0.39 is 17.4 Å². The van der Waals surface area contributed by atoms with Gasteiger partial charge < -0.3 is 18.9 Å². The van der Waals surface area contributed by atoms with E-state index in [0.717, 1.165) is 0 Å². The SMILES string of the molecule is CCOC(=O)c1cn2c(C)cc3c(=O)c(C(=O)OCC)c[nH]c3c2n1. The second kappa shape index (κ2) is 6.39. The number of imidazole rings is 1. The van der Waals surface area contributed by atoms with Gasteiger partial charge in [0.1, 0.15) is 5.56 Å². The van der Waals surface area contributed by atoms with Crippen LogP contribution in [0, 0.1) is 6.92 Å². The number of pyridine rings is 2. The van der Waals surface area contributed by atoms with Gasteiger partial charge in [-0.2, -0.15) is 0 Å². The zero-order chi connectivity index (χ0) is 18.1. The summed E-state index contributed by atoms with van der Waals surface area (Å²) in [6, 6.07) is 1.64. The lowest BCUT2D eigenvalue weighted by Gasteiger charge is -2.06. The van der Waals surface area contributed by atoms with Crippen LogP contribution in [0.15, 0.2) is 23.3 Å². The molecule has 0 bridgehead atoms. The molecule has 3 heterocycles. The second-order valence-corrected chi connectivity index (χ2v) is 5.37. The molecule has 0 amide bonds. The van der Waals surface area contributed by atoms with E-state index in [2.05, 4.69) is 9.97 Å². The number of aromatic nitrogens is 3. The Balaban J connectivity index is 2.25. The van der Waals surface area contributed by atoms with Crippen LogP contribution in [0.1, 0.15) is 40.4 Å². The van der Waals surface area contributed by atoms with Crippen molar-refractivity contribution in [3.8, 4) is 0 Å². The Bertz CT molecular complexity index is 1050. The van der Waals surface area contributed by atoms with Gasteiger partial charge in [-0.3, -0.25) is 4.79 Å². The maximum atomic E-state index is 12.6. The summed E-state index contributed by atoms with van der Waals surface area (Å²) in [5.74, 6) is -1.22. The number of esters is 2. The molecule has 0 aliphatic heterocycles. The third kappa shape index (κ3) is 2.75. The topological polar surface area (TPSA) is 103 Å². The van der Waals surface area contributed by atoms with Crippen molar-refractivity contribution in [3.63, 3.8) is 0 Å². The first-order valence-electron chi connectivity index (χ1n) is 7.86. The molecule has 0 atom stereocenters. The highest BCUT2D eigenvalue weighted by Gasteiger charge is 2.19. The molecular formula is C17H17N3O5. The van der Waals surface area contributed by atoms with Gasteiger partial charge in [0.2, 0.25) is 5.43 Å². The zero-order valence-corrected chi connectivity index (χ0v) is 14.1. The molecule has 0 aliphatic carbocycles. The van der Waals surface area contributed by atoms with Crippen LogP contribution in [0.3, 0.4) is 0 Å². The van der Waals surface area contributed by atoms with Gasteiger partial charge in [-0.05, 0) is 26.8 Å². The van der Waals surface area contributed by atoms with Crippen LogP contribution in [-0.4, -0.2) is 39.5 Å². The number of rotatable bonds is 4. The van der Waals surface area contributed by atoms with Gasteiger partial charge in [-0.25, -0.2) is 14.6 Å². The van der Waals surface area contributed by atoms with Crippen LogP contribution in [0.5, 0.6) is 0 Å². The highest BCUT2D eigenvalue weighted by Crippen LogP contribution is 2.19. The quantitative estimate of drug-likeness (QED) is 0.725.